The number of carbonyl (C=O) groups is 2. The first-order valence-corrected chi connectivity index (χ1v) is 12.9. The molecule has 0 bridgehead atoms. The molecule has 0 aliphatic carbocycles. The van der Waals surface area contributed by atoms with Crippen molar-refractivity contribution in [2.75, 3.05) is 5.32 Å². The van der Waals surface area contributed by atoms with E-state index in [0.717, 1.165) is 12.3 Å². The Balaban J connectivity index is 1.87. The highest BCUT2D eigenvalue weighted by atomic mass is 35.5. The van der Waals surface area contributed by atoms with Gasteiger partial charge in [-0.3, -0.25) is 4.79 Å². The van der Waals surface area contributed by atoms with Crippen LogP contribution in [0.2, 0.25) is 10.0 Å². The third-order valence-electron chi connectivity index (χ3n) is 6.88. The van der Waals surface area contributed by atoms with Gasteiger partial charge in [0.05, 0.1) is 22.2 Å². The summed E-state index contributed by atoms with van der Waals surface area (Å²) < 4.78 is 31.1. The van der Waals surface area contributed by atoms with Gasteiger partial charge < -0.3 is 21.5 Å². The number of nitrogens with one attached hydrogen (secondary N) is 2. The number of hydrogen-bond donors (Lipinski definition) is 4. The fourth-order valence-electron chi connectivity index (χ4n) is 5.20. The van der Waals surface area contributed by atoms with Crippen LogP contribution in [0.3, 0.4) is 0 Å². The molecule has 0 saturated carbocycles. The lowest BCUT2D eigenvalue weighted by Gasteiger charge is -2.40. The fraction of sp³-hybridized carbons (Fsp3) is 0.321. The lowest BCUT2D eigenvalue weighted by atomic mass is 9.68. The summed E-state index contributed by atoms with van der Waals surface area (Å²) in [5, 5.41) is 15.0. The molecule has 1 fully saturated rings. The second-order valence-electron chi connectivity index (χ2n) is 10.9. The van der Waals surface area contributed by atoms with E-state index in [-0.39, 0.29) is 38.0 Å². The van der Waals surface area contributed by atoms with Crippen molar-refractivity contribution in [1.82, 2.24) is 10.3 Å². The average Bonchev–Trinajstić information content (AvgIpc) is 3.12. The molecule has 39 heavy (non-hydrogen) atoms. The fourth-order valence-corrected chi connectivity index (χ4v) is 5.54. The summed E-state index contributed by atoms with van der Waals surface area (Å²) in [7, 11) is 0. The van der Waals surface area contributed by atoms with E-state index >= 15 is 8.78 Å². The molecular weight excluding hydrogens is 549 g/mol. The first-order chi connectivity index (χ1) is 18.2. The number of halogens is 4. The smallest absolute Gasteiger partial charge is 0.337 e. The van der Waals surface area contributed by atoms with E-state index in [1.165, 1.54) is 42.5 Å². The predicted octanol–water partition coefficient (Wildman–Crippen LogP) is 5.72. The Morgan fingerprint density at radius 2 is 1.87 bits per heavy atom. The number of hydrogen-bond acceptors (Lipinski definition) is 5. The first kappa shape index (κ1) is 28.9. The van der Waals surface area contributed by atoms with Crippen molar-refractivity contribution in [3.63, 3.8) is 0 Å². The summed E-state index contributed by atoms with van der Waals surface area (Å²) in [4.78, 5) is 28.9. The molecule has 4 rings (SSSR count). The van der Waals surface area contributed by atoms with E-state index in [9.17, 15) is 9.59 Å². The van der Waals surface area contributed by atoms with Crippen LogP contribution >= 0.6 is 23.2 Å². The van der Waals surface area contributed by atoms with E-state index in [1.54, 1.807) is 0 Å². The Morgan fingerprint density at radius 3 is 2.46 bits per heavy atom. The van der Waals surface area contributed by atoms with Gasteiger partial charge >= 0.3 is 5.97 Å². The summed E-state index contributed by atoms with van der Waals surface area (Å²) in [6.07, 6.45) is 1.51. The van der Waals surface area contributed by atoms with Crippen molar-refractivity contribution in [2.45, 2.75) is 50.7 Å². The van der Waals surface area contributed by atoms with Crippen LogP contribution in [0.4, 0.5) is 14.6 Å². The number of nitrogens with zero attached hydrogens (tertiary/aromatic N) is 1. The van der Waals surface area contributed by atoms with Gasteiger partial charge in [0.25, 0.3) is 0 Å². The molecular formula is C28H28Cl2F2N4O3. The highest BCUT2D eigenvalue weighted by Gasteiger charge is 2.58. The molecule has 1 aromatic heterocycles. The maximum atomic E-state index is 15.6. The summed E-state index contributed by atoms with van der Waals surface area (Å²) in [5.74, 6) is -4.28. The van der Waals surface area contributed by atoms with Crippen molar-refractivity contribution in [3.05, 3.63) is 93.1 Å². The molecule has 0 unspecified atom stereocenters. The van der Waals surface area contributed by atoms with E-state index in [1.807, 2.05) is 20.8 Å². The number of aromatic nitrogens is 1. The zero-order valence-corrected chi connectivity index (χ0v) is 22.9. The van der Waals surface area contributed by atoms with Crippen LogP contribution in [-0.2, 0) is 10.3 Å². The summed E-state index contributed by atoms with van der Waals surface area (Å²) in [5.41, 5.74) is 5.25. The van der Waals surface area contributed by atoms with Crippen molar-refractivity contribution >= 4 is 40.9 Å². The Morgan fingerprint density at radius 1 is 1.15 bits per heavy atom. The second-order valence-corrected chi connectivity index (χ2v) is 11.7. The number of nitrogens with two attached hydrogens (primary N) is 1. The SMILES string of the molecule is CC(C)(C)C[C@@H]1N[C@@H](C(=O)Nc2ccc(C(=O)O)cn2)[C@H](c2cccc(Cl)c2F)[C@@]1(N)c1ccc(Cl)cc1F. The minimum Gasteiger partial charge on any atom is -0.478 e. The average molecular weight is 577 g/mol. The monoisotopic (exact) mass is 576 g/mol. The number of anilines is 1. The number of carboxylic acid groups (broad SMARTS) is 1. The standard InChI is InChI=1S/C28H28Cl2F2N4O3/c1-27(2,3)12-20-28(33,17-9-8-15(29)11-19(17)31)22(16-5-4-6-18(30)23(16)32)24(35-20)25(37)36-21-10-7-14(13-34-21)26(38)39/h4-11,13,20,22,24,35H,12,33H2,1-3H3,(H,38,39)(H,34,36,37)/t20-,22-,24+,28+/m0/s1. The van der Waals surface area contributed by atoms with Crippen LogP contribution in [0.5, 0.6) is 0 Å². The van der Waals surface area contributed by atoms with E-state index in [4.69, 9.17) is 34.0 Å². The number of aromatic carboxylic acids is 1. The van der Waals surface area contributed by atoms with E-state index in [2.05, 4.69) is 15.6 Å². The highest BCUT2D eigenvalue weighted by Crippen LogP contribution is 2.50. The molecule has 0 spiro atoms. The minimum atomic E-state index is -1.62. The molecule has 4 atom stereocenters. The summed E-state index contributed by atoms with van der Waals surface area (Å²) >= 11 is 12.2. The maximum absolute atomic E-state index is 15.6. The maximum Gasteiger partial charge on any atom is 0.337 e. The molecule has 2 heterocycles. The Labute approximate surface area is 234 Å². The third-order valence-corrected chi connectivity index (χ3v) is 7.41. The molecule has 206 valence electrons. The number of carboxylic acids is 1. The van der Waals surface area contributed by atoms with Crippen molar-refractivity contribution in [3.8, 4) is 0 Å². The predicted molar refractivity (Wildman–Crippen MR) is 146 cm³/mol. The number of amides is 1. The van der Waals surface area contributed by atoms with Gasteiger partial charge in [-0.1, -0.05) is 62.2 Å². The Bertz CT molecular complexity index is 1410. The van der Waals surface area contributed by atoms with Gasteiger partial charge in [-0.25, -0.2) is 18.6 Å². The van der Waals surface area contributed by atoms with Crippen molar-refractivity contribution in [1.29, 1.82) is 0 Å². The number of carbonyl (C=O) groups excluding carboxylic acids is 1. The topological polar surface area (TPSA) is 117 Å². The number of benzene rings is 2. The van der Waals surface area contributed by atoms with Crippen LogP contribution in [0.1, 0.15) is 54.6 Å². The number of rotatable bonds is 6. The molecule has 2 aromatic carbocycles. The van der Waals surface area contributed by atoms with Crippen molar-refractivity contribution < 1.29 is 23.5 Å². The van der Waals surface area contributed by atoms with Gasteiger partial charge in [-0.05, 0) is 47.7 Å². The van der Waals surface area contributed by atoms with Crippen LogP contribution in [0.15, 0.2) is 54.7 Å². The third kappa shape index (κ3) is 5.77. The quantitative estimate of drug-likeness (QED) is 0.298. The zero-order chi connectivity index (χ0) is 28.7. The molecule has 7 nitrogen and oxygen atoms in total. The van der Waals surface area contributed by atoms with Crippen molar-refractivity contribution in [2.24, 2.45) is 11.1 Å². The minimum absolute atomic E-state index is 0.0394. The van der Waals surface area contributed by atoms with Gasteiger partial charge in [-0.2, -0.15) is 0 Å². The van der Waals surface area contributed by atoms with Crippen LogP contribution in [-0.4, -0.2) is 34.1 Å². The molecule has 5 N–H and O–H groups in total. The van der Waals surface area contributed by atoms with Gasteiger partial charge in [0.2, 0.25) is 5.91 Å². The molecule has 1 aliphatic rings. The number of pyridine rings is 1. The lowest BCUT2D eigenvalue weighted by molar-refractivity contribution is -0.118. The van der Waals surface area contributed by atoms with E-state index in [0.29, 0.717) is 6.42 Å². The normalized spacial score (nSPS) is 23.0. The summed E-state index contributed by atoms with van der Waals surface area (Å²) in [6, 6.07) is 9.27. The molecule has 1 aliphatic heterocycles. The van der Waals surface area contributed by atoms with Crippen LogP contribution in [0, 0.1) is 17.0 Å². The Hall–Kier alpha value is -3.11. The molecule has 11 heteroatoms. The summed E-state index contributed by atoms with van der Waals surface area (Å²) in [6.45, 7) is 5.93. The molecule has 1 saturated heterocycles. The van der Waals surface area contributed by atoms with Gasteiger partial charge in [0.1, 0.15) is 17.5 Å². The van der Waals surface area contributed by atoms with Gasteiger partial charge in [0.15, 0.2) is 0 Å². The first-order valence-electron chi connectivity index (χ1n) is 12.2. The molecule has 1 amide bonds. The highest BCUT2D eigenvalue weighted by molar-refractivity contribution is 6.31. The zero-order valence-electron chi connectivity index (χ0n) is 21.4. The molecule has 3 aromatic rings. The lowest BCUT2D eigenvalue weighted by Crippen LogP contribution is -2.52. The largest absolute Gasteiger partial charge is 0.478 e. The Kier molecular flexibility index (Phi) is 8.01. The molecule has 0 radical (unpaired) electrons. The van der Waals surface area contributed by atoms with Crippen LogP contribution in [0.25, 0.3) is 0 Å². The van der Waals surface area contributed by atoms with Gasteiger partial charge in [-0.15, -0.1) is 0 Å². The second kappa shape index (κ2) is 10.8. The van der Waals surface area contributed by atoms with Gasteiger partial charge in [0, 0.05) is 28.7 Å². The van der Waals surface area contributed by atoms with E-state index < -0.39 is 47.1 Å². The van der Waals surface area contributed by atoms with Crippen LogP contribution < -0.4 is 16.4 Å².